The molecule has 0 aromatic carbocycles. The number of halogens is 1. The number of aliphatic hydroxyl groups excluding tert-OH is 1. The third kappa shape index (κ3) is 2.07. The Morgan fingerprint density at radius 2 is 2.42 bits per heavy atom. The lowest BCUT2D eigenvalue weighted by atomic mass is 10.3. The number of rotatable bonds is 3. The van der Waals surface area contributed by atoms with Gasteiger partial charge in [-0.2, -0.15) is 0 Å². The molecular weight excluding hydrogens is 238 g/mol. The van der Waals surface area contributed by atoms with Gasteiger partial charge in [0.1, 0.15) is 0 Å². The van der Waals surface area contributed by atoms with Crippen LogP contribution in [0.25, 0.3) is 0 Å². The lowest BCUT2D eigenvalue weighted by molar-refractivity contribution is 0.269. The van der Waals surface area contributed by atoms with Crippen LogP contribution in [0.1, 0.15) is 22.7 Å². The van der Waals surface area contributed by atoms with Crippen LogP contribution in [0.15, 0.2) is 10.5 Å². The van der Waals surface area contributed by atoms with Crippen LogP contribution in [-0.4, -0.2) is 11.7 Å². The molecule has 0 bridgehead atoms. The summed E-state index contributed by atoms with van der Waals surface area (Å²) in [5.41, 5.74) is 5.67. The highest BCUT2D eigenvalue weighted by Crippen LogP contribution is 2.30. The minimum Gasteiger partial charge on any atom is -0.394 e. The fraction of sp³-hybridized carbons (Fsp3) is 0.500. The first-order valence-corrected chi connectivity index (χ1v) is 5.44. The molecule has 68 valence electrons. The third-order valence-electron chi connectivity index (χ3n) is 1.66. The summed E-state index contributed by atoms with van der Waals surface area (Å²) in [5, 5.41) is 8.83. The molecule has 0 aliphatic carbocycles. The molecule has 0 saturated heterocycles. The van der Waals surface area contributed by atoms with Crippen molar-refractivity contribution >= 4 is 27.3 Å². The lowest BCUT2D eigenvalue weighted by Crippen LogP contribution is -2.12. The van der Waals surface area contributed by atoms with Crippen molar-refractivity contribution in [1.29, 1.82) is 0 Å². The van der Waals surface area contributed by atoms with Crippen molar-refractivity contribution in [2.75, 3.05) is 6.61 Å². The van der Waals surface area contributed by atoms with Crippen molar-refractivity contribution in [3.05, 3.63) is 20.3 Å². The summed E-state index contributed by atoms with van der Waals surface area (Å²) >= 11 is 5.11. The largest absolute Gasteiger partial charge is 0.394 e. The molecule has 0 aliphatic heterocycles. The van der Waals surface area contributed by atoms with Gasteiger partial charge in [0, 0.05) is 14.2 Å². The number of hydrogen-bond acceptors (Lipinski definition) is 3. The normalized spacial score (nSPS) is 13.3. The van der Waals surface area contributed by atoms with Crippen LogP contribution in [0, 0.1) is 0 Å². The van der Waals surface area contributed by atoms with Crippen molar-refractivity contribution < 1.29 is 5.11 Å². The van der Waals surface area contributed by atoms with Crippen LogP contribution in [0.5, 0.6) is 0 Å². The first kappa shape index (κ1) is 10.2. The third-order valence-corrected chi connectivity index (χ3v) is 4.04. The van der Waals surface area contributed by atoms with E-state index in [9.17, 15) is 0 Å². The fourth-order valence-electron chi connectivity index (χ4n) is 0.940. The van der Waals surface area contributed by atoms with E-state index in [1.807, 2.05) is 6.07 Å². The Morgan fingerprint density at radius 1 is 1.75 bits per heavy atom. The zero-order chi connectivity index (χ0) is 9.14. The lowest BCUT2D eigenvalue weighted by Gasteiger charge is -2.02. The Kier molecular flexibility index (Phi) is 3.71. The van der Waals surface area contributed by atoms with Crippen molar-refractivity contribution in [1.82, 2.24) is 0 Å². The monoisotopic (exact) mass is 249 g/mol. The summed E-state index contributed by atoms with van der Waals surface area (Å²) in [7, 11) is 0. The van der Waals surface area contributed by atoms with E-state index in [4.69, 9.17) is 10.8 Å². The smallest absolute Gasteiger partial charge is 0.0632 e. The second-order valence-corrected chi connectivity index (χ2v) is 4.59. The van der Waals surface area contributed by atoms with Gasteiger partial charge in [0.25, 0.3) is 0 Å². The molecule has 1 aromatic heterocycles. The van der Waals surface area contributed by atoms with Crippen molar-refractivity contribution in [3.63, 3.8) is 0 Å². The van der Waals surface area contributed by atoms with Crippen LogP contribution < -0.4 is 5.73 Å². The van der Waals surface area contributed by atoms with Gasteiger partial charge in [-0.15, -0.1) is 11.3 Å². The van der Waals surface area contributed by atoms with Crippen molar-refractivity contribution in [2.24, 2.45) is 5.73 Å². The van der Waals surface area contributed by atoms with E-state index in [1.165, 1.54) is 4.88 Å². The van der Waals surface area contributed by atoms with Crippen molar-refractivity contribution in [2.45, 2.75) is 19.4 Å². The maximum absolute atomic E-state index is 8.83. The standard InChI is InChI=1S/C8H12BrNOS/c1-2-7-5(9)3-8(12-7)6(10)4-11/h3,6,11H,2,4,10H2,1H3. The van der Waals surface area contributed by atoms with Crippen LogP contribution in [0.2, 0.25) is 0 Å². The van der Waals surface area contributed by atoms with E-state index in [2.05, 4.69) is 22.9 Å². The second kappa shape index (κ2) is 4.37. The number of aryl methyl sites for hydroxylation is 1. The van der Waals surface area contributed by atoms with Gasteiger partial charge in [-0.05, 0) is 28.4 Å². The number of hydrogen-bond donors (Lipinski definition) is 2. The van der Waals surface area contributed by atoms with Gasteiger partial charge in [-0.1, -0.05) is 6.92 Å². The molecular formula is C8H12BrNOS. The number of nitrogens with two attached hydrogens (primary N) is 1. The van der Waals surface area contributed by atoms with E-state index >= 15 is 0 Å². The predicted molar refractivity (Wildman–Crippen MR) is 55.4 cm³/mol. The molecule has 12 heavy (non-hydrogen) atoms. The Hall–Kier alpha value is 0.100. The topological polar surface area (TPSA) is 46.2 Å². The molecule has 0 fully saturated rings. The predicted octanol–water partition coefficient (Wildman–Crippen LogP) is 2.07. The molecule has 4 heteroatoms. The molecule has 1 heterocycles. The first-order valence-electron chi connectivity index (χ1n) is 3.83. The van der Waals surface area contributed by atoms with Crippen LogP contribution in [0.4, 0.5) is 0 Å². The molecule has 1 unspecified atom stereocenters. The highest BCUT2D eigenvalue weighted by atomic mass is 79.9. The van der Waals surface area contributed by atoms with Crippen LogP contribution in [0.3, 0.4) is 0 Å². The maximum atomic E-state index is 8.83. The number of thiophene rings is 1. The van der Waals surface area contributed by atoms with E-state index in [1.54, 1.807) is 11.3 Å². The average Bonchev–Trinajstić information content (AvgIpc) is 2.45. The van der Waals surface area contributed by atoms with Gasteiger partial charge in [0.2, 0.25) is 0 Å². The molecule has 0 spiro atoms. The molecule has 0 amide bonds. The Balaban J connectivity index is 2.88. The van der Waals surface area contributed by atoms with Gasteiger partial charge in [0.15, 0.2) is 0 Å². The van der Waals surface area contributed by atoms with E-state index < -0.39 is 0 Å². The molecule has 0 radical (unpaired) electrons. The molecule has 2 nitrogen and oxygen atoms in total. The molecule has 3 N–H and O–H groups in total. The van der Waals surface area contributed by atoms with E-state index in [0.717, 1.165) is 15.8 Å². The molecule has 1 aromatic rings. The zero-order valence-electron chi connectivity index (χ0n) is 6.88. The van der Waals surface area contributed by atoms with Gasteiger partial charge in [-0.25, -0.2) is 0 Å². The summed E-state index contributed by atoms with van der Waals surface area (Å²) in [5.74, 6) is 0. The molecule has 0 aliphatic rings. The SMILES string of the molecule is CCc1sc(C(N)CO)cc1Br. The van der Waals surface area contributed by atoms with Crippen molar-refractivity contribution in [3.8, 4) is 0 Å². The Bertz CT molecular complexity index is 262. The molecule has 1 atom stereocenters. The summed E-state index contributed by atoms with van der Waals surface area (Å²) in [6.07, 6.45) is 1.00. The molecule has 0 saturated carbocycles. The Labute approximate surface area is 84.5 Å². The number of aliphatic hydroxyl groups is 1. The highest BCUT2D eigenvalue weighted by Gasteiger charge is 2.10. The second-order valence-electron chi connectivity index (χ2n) is 2.56. The summed E-state index contributed by atoms with van der Waals surface area (Å²) in [6.45, 7) is 2.11. The van der Waals surface area contributed by atoms with E-state index in [0.29, 0.717) is 0 Å². The van der Waals surface area contributed by atoms with Gasteiger partial charge in [0.05, 0.1) is 12.6 Å². The zero-order valence-corrected chi connectivity index (χ0v) is 9.28. The minimum atomic E-state index is -0.230. The van der Waals surface area contributed by atoms with Crippen LogP contribution >= 0.6 is 27.3 Å². The average molecular weight is 250 g/mol. The van der Waals surface area contributed by atoms with Gasteiger partial charge >= 0.3 is 0 Å². The van der Waals surface area contributed by atoms with Crippen LogP contribution in [-0.2, 0) is 6.42 Å². The highest BCUT2D eigenvalue weighted by molar-refractivity contribution is 9.10. The molecule has 1 rings (SSSR count). The minimum absolute atomic E-state index is 0.0100. The van der Waals surface area contributed by atoms with Gasteiger partial charge in [-0.3, -0.25) is 0 Å². The Morgan fingerprint density at radius 3 is 2.83 bits per heavy atom. The maximum Gasteiger partial charge on any atom is 0.0632 e. The fourth-order valence-corrected chi connectivity index (χ4v) is 2.85. The summed E-state index contributed by atoms with van der Waals surface area (Å²) in [6, 6.07) is 1.76. The summed E-state index contributed by atoms with van der Waals surface area (Å²) in [4.78, 5) is 2.33. The first-order chi connectivity index (χ1) is 5.69. The van der Waals surface area contributed by atoms with E-state index in [-0.39, 0.29) is 12.6 Å². The quantitative estimate of drug-likeness (QED) is 0.862. The van der Waals surface area contributed by atoms with Gasteiger partial charge < -0.3 is 10.8 Å². The summed E-state index contributed by atoms with van der Waals surface area (Å²) < 4.78 is 1.11.